The van der Waals surface area contributed by atoms with E-state index in [1.165, 1.54) is 37.5 Å². The zero-order valence-corrected chi connectivity index (χ0v) is 24.7. The largest absolute Gasteiger partial charge is 0.494 e. The Labute approximate surface area is 254 Å². The van der Waals surface area contributed by atoms with Crippen molar-refractivity contribution in [1.82, 2.24) is 0 Å². The molecule has 0 spiro atoms. The molecule has 0 bridgehead atoms. The van der Waals surface area contributed by atoms with Gasteiger partial charge in [-0.1, -0.05) is 68.5 Å². The van der Waals surface area contributed by atoms with E-state index in [9.17, 15) is 22.4 Å². The summed E-state index contributed by atoms with van der Waals surface area (Å²) in [6.45, 7) is 4.55. The molecule has 0 atom stereocenters. The molecule has 0 amide bonds. The minimum Gasteiger partial charge on any atom is -0.494 e. The molecule has 0 saturated carbocycles. The molecule has 0 heterocycles. The van der Waals surface area contributed by atoms with Crippen LogP contribution in [0.15, 0.2) is 66.7 Å². The van der Waals surface area contributed by atoms with Crippen LogP contribution in [0.25, 0.3) is 10.8 Å². The molecule has 0 aliphatic rings. The van der Waals surface area contributed by atoms with Gasteiger partial charge in [0.05, 0.1) is 6.61 Å². The van der Waals surface area contributed by atoms with E-state index in [4.69, 9.17) is 14.9 Å². The summed E-state index contributed by atoms with van der Waals surface area (Å²) in [4.78, 5) is 12.4. The van der Waals surface area contributed by atoms with Gasteiger partial charge in [0.1, 0.15) is 17.1 Å². The van der Waals surface area contributed by atoms with E-state index in [-0.39, 0.29) is 24.2 Å². The second-order valence-corrected chi connectivity index (χ2v) is 10.6. The van der Waals surface area contributed by atoms with Crippen LogP contribution in [0.1, 0.15) is 67.7 Å². The molecule has 4 aromatic rings. The molecule has 4 aromatic carbocycles. The van der Waals surface area contributed by atoms with Gasteiger partial charge in [0, 0.05) is 18.2 Å². The number of aryl methyl sites for hydroxylation is 2. The van der Waals surface area contributed by atoms with Gasteiger partial charge in [-0.05, 0) is 72.5 Å². The summed E-state index contributed by atoms with van der Waals surface area (Å²) < 4.78 is 74.6. The van der Waals surface area contributed by atoms with Crippen molar-refractivity contribution in [3.05, 3.63) is 101 Å². The first-order chi connectivity index (χ1) is 21.1. The maximum absolute atomic E-state index is 14.8. The number of fused-ring (bicyclic) bond motifs is 1. The predicted octanol–water partition coefficient (Wildman–Crippen LogP) is 9.44. The summed E-state index contributed by atoms with van der Waals surface area (Å²) in [5.41, 5.74) is 0.206. The van der Waals surface area contributed by atoms with Crippen molar-refractivity contribution in [3.63, 3.8) is 0 Å². The third-order valence-electron chi connectivity index (χ3n) is 7.15. The van der Waals surface area contributed by atoms with Gasteiger partial charge in [-0.3, -0.25) is 4.79 Å². The smallest absolute Gasteiger partial charge is 0.429 e. The van der Waals surface area contributed by atoms with Gasteiger partial charge < -0.3 is 19.6 Å². The minimum absolute atomic E-state index is 0.0461. The Morgan fingerprint density at radius 3 is 2.36 bits per heavy atom. The number of hydrogen-bond acceptors (Lipinski definition) is 5. The number of halogens is 4. The Balaban J connectivity index is 1.34. The monoisotopic (exact) mass is 609 g/mol. The molecule has 9 heteroatoms. The van der Waals surface area contributed by atoms with E-state index in [1.54, 1.807) is 6.92 Å². The molecule has 0 aliphatic heterocycles. The molecule has 232 valence electrons. The topological polar surface area (TPSA) is 68.6 Å². The van der Waals surface area contributed by atoms with Crippen LogP contribution >= 0.6 is 0 Å². The highest BCUT2D eigenvalue weighted by Crippen LogP contribution is 2.37. The van der Waals surface area contributed by atoms with E-state index in [2.05, 4.69) is 11.7 Å². The summed E-state index contributed by atoms with van der Waals surface area (Å²) in [6.07, 6.45) is 2.48. The summed E-state index contributed by atoms with van der Waals surface area (Å²) >= 11 is 0. The quantitative estimate of drug-likeness (QED) is 0.0479. The van der Waals surface area contributed by atoms with Crippen LogP contribution in [0.2, 0.25) is 0 Å². The molecule has 44 heavy (non-hydrogen) atoms. The van der Waals surface area contributed by atoms with Crippen molar-refractivity contribution in [2.75, 3.05) is 6.61 Å². The average molecular weight is 610 g/mol. The highest BCUT2D eigenvalue weighted by Gasteiger charge is 2.40. The van der Waals surface area contributed by atoms with Crippen LogP contribution in [-0.2, 0) is 17.3 Å². The van der Waals surface area contributed by atoms with Crippen LogP contribution in [0, 0.1) is 24.0 Å². The van der Waals surface area contributed by atoms with Crippen LogP contribution in [-0.4, -0.2) is 18.8 Å². The number of rotatable bonds is 15. The Morgan fingerprint density at radius 2 is 1.59 bits per heavy atom. The number of alkyl halides is 2. The molecule has 1 N–H and O–H groups in total. The Kier molecular flexibility index (Phi) is 11.0. The predicted molar refractivity (Wildman–Crippen MR) is 162 cm³/mol. The first kappa shape index (κ1) is 32.5. The molecule has 0 unspecified atom stereocenters. The van der Waals surface area contributed by atoms with Crippen molar-refractivity contribution in [2.24, 2.45) is 0 Å². The molecular weight excluding hydrogens is 574 g/mol. The van der Waals surface area contributed by atoms with Crippen LogP contribution in [0.4, 0.5) is 17.6 Å². The average Bonchev–Trinajstić information content (AvgIpc) is 3.00. The highest BCUT2D eigenvalue weighted by molar-refractivity contribution is 5.85. The lowest BCUT2D eigenvalue weighted by Gasteiger charge is -2.20. The molecule has 0 aromatic heterocycles. The maximum Gasteiger partial charge on any atom is 0.429 e. The number of benzene rings is 4. The number of hydrogen-bond donors (Lipinski definition) is 1. The number of unbranched alkanes of at least 4 members (excludes halogenated alkanes) is 4. The third-order valence-corrected chi connectivity index (χ3v) is 7.15. The van der Waals surface area contributed by atoms with Gasteiger partial charge in [-0.25, -0.2) is 4.39 Å². The van der Waals surface area contributed by atoms with Crippen molar-refractivity contribution >= 4 is 23.0 Å². The molecule has 0 aliphatic carbocycles. The number of carbonyl (C=O) groups is 1. The van der Waals surface area contributed by atoms with E-state index in [0.717, 1.165) is 47.2 Å². The molecule has 0 radical (unpaired) electrons. The van der Waals surface area contributed by atoms with Crippen LogP contribution < -0.4 is 14.2 Å². The first-order valence-corrected chi connectivity index (χ1v) is 14.6. The maximum atomic E-state index is 14.8. The molecular formula is C35H35F4NO4. The summed E-state index contributed by atoms with van der Waals surface area (Å²) in [7, 11) is 0. The molecule has 4 rings (SSSR count). The van der Waals surface area contributed by atoms with Gasteiger partial charge in [0.25, 0.3) is 0 Å². The zero-order valence-electron chi connectivity index (χ0n) is 24.7. The van der Waals surface area contributed by atoms with Gasteiger partial charge in [0.2, 0.25) is 5.82 Å². The number of nitrogens with one attached hydrogen (secondary N) is 1. The fourth-order valence-electron chi connectivity index (χ4n) is 4.74. The number of carbonyl (C=O) groups excluding carboxylic acids is 1. The highest BCUT2D eigenvalue weighted by atomic mass is 19.3. The fraction of sp³-hybridized carbons (Fsp3) is 0.314. The second-order valence-electron chi connectivity index (χ2n) is 10.6. The second kappa shape index (κ2) is 14.9. The SMILES string of the molecule is CCCCCCCOc1ccc2cc(CCC(=O)Oc3ccc(C(F)(F)Oc4ccc(C)cc4C=N)c(F)c3F)ccc2c1. The fourth-order valence-corrected chi connectivity index (χ4v) is 4.74. The van der Waals surface area contributed by atoms with Crippen molar-refractivity contribution in [3.8, 4) is 17.2 Å². The van der Waals surface area contributed by atoms with Gasteiger partial charge in [-0.2, -0.15) is 13.2 Å². The van der Waals surface area contributed by atoms with Crippen molar-refractivity contribution in [1.29, 1.82) is 5.41 Å². The molecule has 0 saturated heterocycles. The molecule has 5 nitrogen and oxygen atoms in total. The van der Waals surface area contributed by atoms with E-state index in [0.29, 0.717) is 18.2 Å². The van der Waals surface area contributed by atoms with Crippen LogP contribution in [0.3, 0.4) is 0 Å². The van der Waals surface area contributed by atoms with Gasteiger partial charge in [0.15, 0.2) is 11.6 Å². The third kappa shape index (κ3) is 8.36. The van der Waals surface area contributed by atoms with Gasteiger partial charge in [-0.15, -0.1) is 0 Å². The number of esters is 1. The van der Waals surface area contributed by atoms with Crippen LogP contribution in [0.5, 0.6) is 17.2 Å². The zero-order chi connectivity index (χ0) is 31.7. The first-order valence-electron chi connectivity index (χ1n) is 14.6. The Hall–Kier alpha value is -4.40. The summed E-state index contributed by atoms with van der Waals surface area (Å²) in [5, 5.41) is 9.34. The van der Waals surface area contributed by atoms with E-state index in [1.807, 2.05) is 36.4 Å². The molecule has 0 fully saturated rings. The van der Waals surface area contributed by atoms with Crippen molar-refractivity contribution < 1.29 is 36.6 Å². The standard InChI is InChI=1S/C35H35F4NO4/c1-3-4-5-6-7-18-42-28-13-12-25-20-24(9-11-26(25)21-28)10-17-32(41)43-31-16-14-29(33(36)34(31)37)35(38,39)44-30-15-8-23(2)19-27(30)22-40/h8-9,11-16,19-22,40H,3-7,10,17-18H2,1-2H3. The lowest BCUT2D eigenvalue weighted by Crippen LogP contribution is -2.25. The lowest BCUT2D eigenvalue weighted by molar-refractivity contribution is -0.187. The van der Waals surface area contributed by atoms with Crippen molar-refractivity contribution in [2.45, 2.75) is 64.9 Å². The Bertz CT molecular complexity index is 1620. The van der Waals surface area contributed by atoms with E-state index >= 15 is 0 Å². The van der Waals surface area contributed by atoms with E-state index < -0.39 is 35.0 Å². The Morgan fingerprint density at radius 1 is 0.864 bits per heavy atom. The summed E-state index contributed by atoms with van der Waals surface area (Å²) in [5.74, 6) is -4.88. The summed E-state index contributed by atoms with van der Waals surface area (Å²) in [6, 6.07) is 17.0. The number of ether oxygens (including phenoxy) is 3. The minimum atomic E-state index is -4.27. The lowest BCUT2D eigenvalue weighted by atomic mass is 10.0. The normalized spacial score (nSPS) is 11.4. The van der Waals surface area contributed by atoms with Gasteiger partial charge >= 0.3 is 12.1 Å².